The predicted molar refractivity (Wildman–Crippen MR) is 70.7 cm³/mol. The number of carbonyl (C=O) groups excluding carboxylic acids is 1. The monoisotopic (exact) mass is 277 g/mol. The summed E-state index contributed by atoms with van der Waals surface area (Å²) in [6, 6.07) is 7.01. The van der Waals surface area contributed by atoms with Gasteiger partial charge in [0.1, 0.15) is 10.7 Å². The fourth-order valence-corrected chi connectivity index (χ4v) is 1.53. The molecule has 1 amide bonds. The Morgan fingerprint density at radius 2 is 2.15 bits per heavy atom. The summed E-state index contributed by atoms with van der Waals surface area (Å²) in [5.74, 6) is -0.851. The summed E-state index contributed by atoms with van der Waals surface area (Å²) < 4.78 is 9.81. The third-order valence-electron chi connectivity index (χ3n) is 2.49. The molecular formula is C12H11N3O5. The fraction of sp³-hybridized carbons (Fsp3) is 0.0833. The molecule has 104 valence electrons. The van der Waals surface area contributed by atoms with Gasteiger partial charge < -0.3 is 20.2 Å². The highest BCUT2D eigenvalue weighted by Crippen LogP contribution is 2.25. The van der Waals surface area contributed by atoms with Crippen LogP contribution in [0.5, 0.6) is 5.75 Å². The van der Waals surface area contributed by atoms with Crippen molar-refractivity contribution in [2.75, 3.05) is 18.2 Å². The maximum absolute atomic E-state index is 11.8. The van der Waals surface area contributed by atoms with Gasteiger partial charge in [-0.25, -0.2) is 0 Å². The highest BCUT2D eigenvalue weighted by molar-refractivity contribution is 6.02. The van der Waals surface area contributed by atoms with Gasteiger partial charge in [-0.2, -0.15) is 0 Å². The number of nitrogens with two attached hydrogens (primary N) is 1. The normalized spacial score (nSPS) is 10.1. The molecule has 0 aliphatic heterocycles. The molecule has 0 fully saturated rings. The number of nitro groups is 1. The number of nitrogens with zero attached hydrogens (tertiary/aromatic N) is 1. The molecule has 8 heteroatoms. The fourth-order valence-electron chi connectivity index (χ4n) is 1.53. The minimum atomic E-state index is -0.719. The smallest absolute Gasteiger partial charge is 0.433 e. The van der Waals surface area contributed by atoms with E-state index in [-0.39, 0.29) is 5.76 Å². The SMILES string of the molecule is COc1cc(NC(=O)c2ccc([N+](=O)[O-])o2)ccc1N. The van der Waals surface area contributed by atoms with Crippen molar-refractivity contribution in [1.82, 2.24) is 0 Å². The lowest BCUT2D eigenvalue weighted by Crippen LogP contribution is -2.11. The van der Waals surface area contributed by atoms with Crippen LogP contribution >= 0.6 is 0 Å². The third kappa shape index (κ3) is 2.69. The molecule has 0 saturated heterocycles. The molecule has 1 aromatic heterocycles. The van der Waals surface area contributed by atoms with E-state index < -0.39 is 16.7 Å². The van der Waals surface area contributed by atoms with Gasteiger partial charge in [-0.3, -0.25) is 14.9 Å². The molecule has 0 aliphatic carbocycles. The Morgan fingerprint density at radius 3 is 2.75 bits per heavy atom. The molecule has 2 rings (SSSR count). The molecule has 1 heterocycles. The van der Waals surface area contributed by atoms with E-state index in [4.69, 9.17) is 14.9 Å². The second kappa shape index (κ2) is 5.31. The second-order valence-electron chi connectivity index (χ2n) is 3.81. The van der Waals surface area contributed by atoms with Gasteiger partial charge in [0, 0.05) is 11.8 Å². The summed E-state index contributed by atoms with van der Waals surface area (Å²) in [6.07, 6.45) is 0. The van der Waals surface area contributed by atoms with Gasteiger partial charge in [0.25, 0.3) is 5.91 Å². The highest BCUT2D eigenvalue weighted by atomic mass is 16.6. The van der Waals surface area contributed by atoms with E-state index >= 15 is 0 Å². The molecule has 0 unspecified atom stereocenters. The Balaban J connectivity index is 2.16. The number of rotatable bonds is 4. The van der Waals surface area contributed by atoms with Gasteiger partial charge in [-0.05, 0) is 18.2 Å². The Bertz CT molecular complexity index is 665. The molecule has 3 N–H and O–H groups in total. The molecule has 0 atom stereocenters. The average Bonchev–Trinajstić information content (AvgIpc) is 2.91. The van der Waals surface area contributed by atoms with Crippen molar-refractivity contribution >= 4 is 23.2 Å². The molecule has 0 spiro atoms. The van der Waals surface area contributed by atoms with Crippen molar-refractivity contribution in [2.45, 2.75) is 0 Å². The van der Waals surface area contributed by atoms with Crippen LogP contribution < -0.4 is 15.8 Å². The van der Waals surface area contributed by atoms with E-state index in [2.05, 4.69) is 5.32 Å². The van der Waals surface area contributed by atoms with E-state index in [0.29, 0.717) is 17.1 Å². The Hall–Kier alpha value is -3.03. The molecule has 0 bridgehead atoms. The number of methoxy groups -OCH3 is 1. The number of benzene rings is 1. The first kappa shape index (κ1) is 13.4. The van der Waals surface area contributed by atoms with Gasteiger partial charge in [0.15, 0.2) is 5.76 Å². The number of hydrogen-bond acceptors (Lipinski definition) is 6. The summed E-state index contributed by atoms with van der Waals surface area (Å²) in [5.41, 5.74) is 6.51. The summed E-state index contributed by atoms with van der Waals surface area (Å²) >= 11 is 0. The lowest BCUT2D eigenvalue weighted by molar-refractivity contribution is -0.402. The van der Waals surface area contributed by atoms with Crippen molar-refractivity contribution in [2.24, 2.45) is 0 Å². The van der Waals surface area contributed by atoms with Crippen molar-refractivity contribution in [3.05, 3.63) is 46.2 Å². The molecule has 1 aromatic carbocycles. The lowest BCUT2D eigenvalue weighted by Gasteiger charge is -2.07. The molecular weight excluding hydrogens is 266 g/mol. The number of ether oxygens (including phenoxy) is 1. The van der Waals surface area contributed by atoms with Crippen molar-refractivity contribution in [1.29, 1.82) is 0 Å². The third-order valence-corrected chi connectivity index (χ3v) is 2.49. The van der Waals surface area contributed by atoms with Crippen LogP contribution in [0.1, 0.15) is 10.6 Å². The Labute approximate surface area is 113 Å². The van der Waals surface area contributed by atoms with Gasteiger partial charge >= 0.3 is 5.88 Å². The summed E-state index contributed by atoms with van der Waals surface area (Å²) in [5, 5.41) is 13.0. The summed E-state index contributed by atoms with van der Waals surface area (Å²) in [4.78, 5) is 21.6. The predicted octanol–water partition coefficient (Wildman–Crippen LogP) is 2.03. The van der Waals surface area contributed by atoms with Crippen LogP contribution in [0.4, 0.5) is 17.3 Å². The number of amides is 1. The van der Waals surface area contributed by atoms with E-state index in [0.717, 1.165) is 6.07 Å². The van der Waals surface area contributed by atoms with Crippen molar-refractivity contribution < 1.29 is 18.9 Å². The maximum atomic E-state index is 11.8. The highest BCUT2D eigenvalue weighted by Gasteiger charge is 2.17. The largest absolute Gasteiger partial charge is 0.495 e. The average molecular weight is 277 g/mol. The number of nitrogens with one attached hydrogen (secondary N) is 1. The zero-order valence-electron chi connectivity index (χ0n) is 10.5. The van der Waals surface area contributed by atoms with Crippen LogP contribution in [-0.4, -0.2) is 17.9 Å². The number of anilines is 2. The van der Waals surface area contributed by atoms with Gasteiger partial charge in [0.05, 0.1) is 18.9 Å². The van der Waals surface area contributed by atoms with Gasteiger partial charge in [-0.1, -0.05) is 0 Å². The van der Waals surface area contributed by atoms with E-state index in [1.807, 2.05) is 0 Å². The summed E-state index contributed by atoms with van der Waals surface area (Å²) in [6.45, 7) is 0. The van der Waals surface area contributed by atoms with E-state index in [1.54, 1.807) is 12.1 Å². The zero-order chi connectivity index (χ0) is 14.7. The standard InChI is InChI=1S/C12H11N3O5/c1-19-10-6-7(2-3-8(10)13)14-12(16)9-4-5-11(20-9)15(17)18/h2-6H,13H2,1H3,(H,14,16). The van der Waals surface area contributed by atoms with Crippen LogP contribution in [0.3, 0.4) is 0 Å². The second-order valence-corrected chi connectivity index (χ2v) is 3.81. The molecule has 20 heavy (non-hydrogen) atoms. The number of hydrogen-bond donors (Lipinski definition) is 2. The number of furan rings is 1. The van der Waals surface area contributed by atoms with Crippen LogP contribution in [0.15, 0.2) is 34.7 Å². The first-order valence-corrected chi connectivity index (χ1v) is 5.50. The number of carbonyl (C=O) groups is 1. The van der Waals surface area contributed by atoms with Gasteiger partial charge in [0.2, 0.25) is 0 Å². The van der Waals surface area contributed by atoms with Crippen LogP contribution in [0, 0.1) is 10.1 Å². The lowest BCUT2D eigenvalue weighted by atomic mass is 10.2. The van der Waals surface area contributed by atoms with Crippen LogP contribution in [0.2, 0.25) is 0 Å². The van der Waals surface area contributed by atoms with Crippen LogP contribution in [-0.2, 0) is 0 Å². The van der Waals surface area contributed by atoms with Crippen molar-refractivity contribution in [3.8, 4) is 5.75 Å². The Morgan fingerprint density at radius 1 is 1.40 bits per heavy atom. The molecule has 0 saturated carbocycles. The van der Waals surface area contributed by atoms with Crippen LogP contribution in [0.25, 0.3) is 0 Å². The minimum Gasteiger partial charge on any atom is -0.495 e. The van der Waals surface area contributed by atoms with Crippen molar-refractivity contribution in [3.63, 3.8) is 0 Å². The molecule has 0 radical (unpaired) electrons. The van der Waals surface area contributed by atoms with E-state index in [9.17, 15) is 14.9 Å². The zero-order valence-corrected chi connectivity index (χ0v) is 10.5. The molecule has 8 nitrogen and oxygen atoms in total. The summed E-state index contributed by atoms with van der Waals surface area (Å²) in [7, 11) is 1.45. The first-order valence-electron chi connectivity index (χ1n) is 5.50. The van der Waals surface area contributed by atoms with Gasteiger partial charge in [-0.15, -0.1) is 0 Å². The molecule has 2 aromatic rings. The van der Waals surface area contributed by atoms with E-state index in [1.165, 1.54) is 19.2 Å². The Kier molecular flexibility index (Phi) is 3.56. The quantitative estimate of drug-likeness (QED) is 0.501. The minimum absolute atomic E-state index is 0.160. The number of nitrogen functional groups attached to an aromatic ring is 1. The molecule has 0 aliphatic rings. The topological polar surface area (TPSA) is 121 Å². The maximum Gasteiger partial charge on any atom is 0.433 e. The first-order chi connectivity index (χ1) is 9.51.